The number of rotatable bonds is 11. The zero-order chi connectivity index (χ0) is 16.3. The highest BCUT2D eigenvalue weighted by Crippen LogP contribution is 2.53. The topological polar surface area (TPSA) is 107 Å². The maximum atomic E-state index is 12.3. The number of carbonyl (C=O) groups is 2. The molecule has 0 heterocycles. The summed E-state index contributed by atoms with van der Waals surface area (Å²) in [6, 6.07) is -1.48. The van der Waals surface area contributed by atoms with E-state index in [1.807, 2.05) is 0 Å². The number of methoxy groups -OCH3 is 1. The fourth-order valence-electron chi connectivity index (χ4n) is 0.914. The molecule has 10 heteroatoms. The van der Waals surface area contributed by atoms with Gasteiger partial charge in [0.2, 0.25) is 6.79 Å². The molecule has 0 radical (unpaired) electrons. The fourth-order valence-corrected chi connectivity index (χ4v) is 2.01. The van der Waals surface area contributed by atoms with Crippen LogP contribution in [0.2, 0.25) is 0 Å². The predicted molar refractivity (Wildman–Crippen MR) is 69.9 cm³/mol. The van der Waals surface area contributed by atoms with Crippen molar-refractivity contribution in [3.63, 3.8) is 0 Å². The lowest BCUT2D eigenvalue weighted by molar-refractivity contribution is -0.174. The monoisotopic (exact) mass is 324 g/mol. The maximum Gasteiger partial charge on any atom is 0.389 e. The molecule has 0 aromatic heterocycles. The number of carbonyl (C=O) groups excluding carboxylic acids is 2. The van der Waals surface area contributed by atoms with Gasteiger partial charge in [0.05, 0.1) is 0 Å². The van der Waals surface area contributed by atoms with Gasteiger partial charge in [-0.15, -0.1) is 0 Å². The van der Waals surface area contributed by atoms with Crippen molar-refractivity contribution in [1.29, 1.82) is 0 Å². The third-order valence-electron chi connectivity index (χ3n) is 1.89. The first kappa shape index (κ1) is 19.5. The molecule has 0 bridgehead atoms. The molecule has 9 nitrogen and oxygen atoms in total. The molecule has 0 rings (SSSR count). The van der Waals surface area contributed by atoms with Gasteiger partial charge in [-0.25, -0.2) is 9.59 Å². The summed E-state index contributed by atoms with van der Waals surface area (Å²) in [5.74, 6) is -1.51. The fraction of sp³-hybridized carbons (Fsp3) is 0.455. The van der Waals surface area contributed by atoms with E-state index in [4.69, 9.17) is 18.5 Å². The van der Waals surface area contributed by atoms with Crippen LogP contribution in [0.3, 0.4) is 0 Å². The Morgan fingerprint density at radius 2 is 1.62 bits per heavy atom. The molecule has 120 valence electrons. The summed E-state index contributed by atoms with van der Waals surface area (Å²) in [7, 11) is -1.66. The molecule has 0 N–H and O–H groups in total. The molecule has 0 saturated heterocycles. The van der Waals surface area contributed by atoms with Gasteiger partial charge < -0.3 is 23.5 Å². The van der Waals surface area contributed by atoms with E-state index in [2.05, 4.69) is 22.6 Å². The number of esters is 2. The molecule has 0 saturated carbocycles. The molecule has 0 spiro atoms. The van der Waals surface area contributed by atoms with Crippen LogP contribution >= 0.6 is 7.60 Å². The Kier molecular flexibility index (Phi) is 9.51. The first-order valence-corrected chi connectivity index (χ1v) is 7.07. The van der Waals surface area contributed by atoms with Crippen molar-refractivity contribution in [1.82, 2.24) is 0 Å². The van der Waals surface area contributed by atoms with Crippen molar-refractivity contribution in [3.05, 3.63) is 25.3 Å². The Bertz CT molecular complexity index is 420. The molecule has 2 unspecified atom stereocenters. The van der Waals surface area contributed by atoms with Crippen LogP contribution in [0.4, 0.5) is 0 Å². The molecular formula is C11H17O9P. The van der Waals surface area contributed by atoms with E-state index in [-0.39, 0.29) is 0 Å². The van der Waals surface area contributed by atoms with Crippen LogP contribution in [0.15, 0.2) is 25.3 Å². The minimum Gasteiger partial charge on any atom is -0.435 e. The highest BCUT2D eigenvalue weighted by molar-refractivity contribution is 7.54. The van der Waals surface area contributed by atoms with Crippen molar-refractivity contribution in [2.24, 2.45) is 0 Å². The van der Waals surface area contributed by atoms with E-state index < -0.39 is 39.2 Å². The first-order chi connectivity index (χ1) is 9.93. The van der Waals surface area contributed by atoms with E-state index in [1.165, 1.54) is 7.11 Å². The van der Waals surface area contributed by atoms with Crippen LogP contribution in [0.5, 0.6) is 0 Å². The van der Waals surface area contributed by atoms with Crippen molar-refractivity contribution in [3.8, 4) is 0 Å². The van der Waals surface area contributed by atoms with Gasteiger partial charge in [-0.2, -0.15) is 0 Å². The van der Waals surface area contributed by atoms with E-state index in [1.54, 1.807) is 0 Å². The maximum absolute atomic E-state index is 12.3. The Balaban J connectivity index is 4.49. The zero-order valence-corrected chi connectivity index (χ0v) is 12.6. The number of hydrogen-bond acceptors (Lipinski definition) is 9. The summed E-state index contributed by atoms with van der Waals surface area (Å²) in [6.07, 6.45) is 1.83. The second-order valence-corrected chi connectivity index (χ2v) is 5.26. The molecule has 0 aromatic rings. The smallest absolute Gasteiger partial charge is 0.389 e. The Labute approximate surface area is 121 Å². The summed E-state index contributed by atoms with van der Waals surface area (Å²) in [4.78, 5) is 21.6. The van der Waals surface area contributed by atoms with Gasteiger partial charge in [-0.1, -0.05) is 13.2 Å². The zero-order valence-electron chi connectivity index (χ0n) is 11.7. The minimum atomic E-state index is -3.92. The van der Waals surface area contributed by atoms with Crippen LogP contribution in [-0.4, -0.2) is 45.8 Å². The standard InChI is InChI=1S/C11H17O9P/c1-5-9(12)17-7-19-11(15-3)21(14,16-4)20-8-18-10(13)6-2/h5-6,11H,1-2,7-8H2,3-4H3. The Hall–Kier alpha value is -1.51. The lowest BCUT2D eigenvalue weighted by Gasteiger charge is -2.23. The summed E-state index contributed by atoms with van der Waals surface area (Å²) in [5.41, 5.74) is 0. The van der Waals surface area contributed by atoms with Crippen LogP contribution in [0.25, 0.3) is 0 Å². The molecule has 21 heavy (non-hydrogen) atoms. The first-order valence-electron chi connectivity index (χ1n) is 5.46. The van der Waals surface area contributed by atoms with Gasteiger partial charge in [0.1, 0.15) is 0 Å². The van der Waals surface area contributed by atoms with Gasteiger partial charge in [-0.3, -0.25) is 9.09 Å². The lowest BCUT2D eigenvalue weighted by atomic mass is 10.7. The normalized spacial score (nSPS) is 14.6. The van der Waals surface area contributed by atoms with Crippen molar-refractivity contribution >= 4 is 19.5 Å². The van der Waals surface area contributed by atoms with Gasteiger partial charge in [0.25, 0.3) is 6.03 Å². The van der Waals surface area contributed by atoms with Crippen LogP contribution < -0.4 is 0 Å². The third-order valence-corrected chi connectivity index (χ3v) is 3.74. The highest BCUT2D eigenvalue weighted by Gasteiger charge is 2.37. The Morgan fingerprint density at radius 1 is 1.10 bits per heavy atom. The van der Waals surface area contributed by atoms with Crippen LogP contribution in [-0.2, 0) is 42.1 Å². The van der Waals surface area contributed by atoms with E-state index in [0.29, 0.717) is 0 Å². The molecule has 0 aliphatic rings. The summed E-state index contributed by atoms with van der Waals surface area (Å²) in [5, 5.41) is 0. The van der Waals surface area contributed by atoms with Gasteiger partial charge in [0, 0.05) is 26.4 Å². The van der Waals surface area contributed by atoms with Crippen molar-refractivity contribution in [2.45, 2.75) is 6.03 Å². The molecule has 0 fully saturated rings. The predicted octanol–water partition coefficient (Wildman–Crippen LogP) is 1.16. The van der Waals surface area contributed by atoms with E-state index >= 15 is 0 Å². The molecule has 0 aromatic carbocycles. The molecule has 0 aliphatic carbocycles. The quantitative estimate of drug-likeness (QED) is 0.239. The summed E-state index contributed by atoms with van der Waals surface area (Å²) >= 11 is 0. The second kappa shape index (κ2) is 10.3. The lowest BCUT2D eigenvalue weighted by Crippen LogP contribution is -2.21. The van der Waals surface area contributed by atoms with Crippen molar-refractivity contribution in [2.75, 3.05) is 27.8 Å². The molecule has 0 aliphatic heterocycles. The van der Waals surface area contributed by atoms with Crippen LogP contribution in [0.1, 0.15) is 0 Å². The Morgan fingerprint density at radius 3 is 2.05 bits per heavy atom. The minimum absolute atomic E-state index is 0.563. The molecular weight excluding hydrogens is 307 g/mol. The highest BCUT2D eigenvalue weighted by atomic mass is 31.2. The van der Waals surface area contributed by atoms with Crippen LogP contribution in [0, 0.1) is 0 Å². The average Bonchev–Trinajstić information content (AvgIpc) is 2.50. The molecule has 2 atom stereocenters. The van der Waals surface area contributed by atoms with Gasteiger partial charge in [-0.05, 0) is 0 Å². The van der Waals surface area contributed by atoms with Crippen molar-refractivity contribution < 1.29 is 42.1 Å². The SMILES string of the molecule is C=CC(=O)OCOC(OC)P(=O)(OC)OCOC(=O)C=C. The number of ether oxygens (including phenoxy) is 4. The average molecular weight is 324 g/mol. The second-order valence-electron chi connectivity index (χ2n) is 3.13. The van der Waals surface area contributed by atoms with Gasteiger partial charge >= 0.3 is 19.5 Å². The third kappa shape index (κ3) is 7.16. The summed E-state index contributed by atoms with van der Waals surface area (Å²) in [6.45, 7) is 5.14. The molecule has 0 amide bonds. The van der Waals surface area contributed by atoms with E-state index in [9.17, 15) is 14.2 Å². The van der Waals surface area contributed by atoms with Gasteiger partial charge in [0.15, 0.2) is 6.79 Å². The largest absolute Gasteiger partial charge is 0.435 e. The van der Waals surface area contributed by atoms with E-state index in [0.717, 1.165) is 19.3 Å². The number of hydrogen-bond donors (Lipinski definition) is 0. The summed E-state index contributed by atoms with van der Waals surface area (Å²) < 4.78 is 40.5.